The molecule has 1 aromatic heterocycles. The van der Waals surface area contributed by atoms with Gasteiger partial charge in [0, 0.05) is 19.1 Å². The first-order valence-electron chi connectivity index (χ1n) is 6.24. The Morgan fingerprint density at radius 2 is 2.44 bits per heavy atom. The number of nitrogens with zero attached hydrogens (tertiary/aromatic N) is 2. The molecular weight excluding hydrogens is 270 g/mol. The highest BCUT2D eigenvalue weighted by Gasteiger charge is 2.33. The predicted octanol–water partition coefficient (Wildman–Crippen LogP) is 2.17. The molecule has 2 unspecified atom stereocenters. The predicted molar refractivity (Wildman–Crippen MR) is 75.4 cm³/mol. The Balaban J connectivity index is 2.10. The van der Waals surface area contributed by atoms with Crippen LogP contribution in [0.15, 0.2) is 6.20 Å². The summed E-state index contributed by atoms with van der Waals surface area (Å²) in [6.45, 7) is 6.82. The first-order chi connectivity index (χ1) is 8.58. The van der Waals surface area contributed by atoms with E-state index in [9.17, 15) is 0 Å². The summed E-state index contributed by atoms with van der Waals surface area (Å²) in [5.41, 5.74) is 0. The maximum Gasteiger partial charge on any atom is 0.114 e. The zero-order chi connectivity index (χ0) is 13.1. The van der Waals surface area contributed by atoms with Crippen molar-refractivity contribution in [2.45, 2.75) is 32.0 Å². The Bertz CT molecular complexity index is 385. The second-order valence-corrected chi connectivity index (χ2v) is 6.59. The normalized spacial score (nSPS) is 25.8. The summed E-state index contributed by atoms with van der Waals surface area (Å²) in [6.07, 6.45) is 1.85. The fourth-order valence-electron chi connectivity index (χ4n) is 2.14. The van der Waals surface area contributed by atoms with Crippen LogP contribution >= 0.6 is 22.9 Å². The fourth-order valence-corrected chi connectivity index (χ4v) is 3.28. The Labute approximate surface area is 117 Å². The standard InChI is InChI=1S/C12H20ClN3OS/c1-8(2)14-6-9-11(16(3)4-5-17-9)12-15-7-10(13)18-12/h7-9,11,14H,4-6H2,1-3H3. The fraction of sp³-hybridized carbons (Fsp3) is 0.750. The number of thiazole rings is 1. The van der Waals surface area contributed by atoms with Gasteiger partial charge >= 0.3 is 0 Å². The molecule has 1 aliphatic heterocycles. The van der Waals surface area contributed by atoms with Crippen LogP contribution in [0.3, 0.4) is 0 Å². The third kappa shape index (κ3) is 3.42. The molecule has 1 saturated heterocycles. The molecule has 1 N–H and O–H groups in total. The van der Waals surface area contributed by atoms with Crippen molar-refractivity contribution in [2.75, 3.05) is 26.7 Å². The van der Waals surface area contributed by atoms with Gasteiger partial charge in [-0.15, -0.1) is 11.3 Å². The average molecular weight is 290 g/mol. The topological polar surface area (TPSA) is 37.4 Å². The molecular formula is C12H20ClN3OS. The summed E-state index contributed by atoms with van der Waals surface area (Å²) in [5, 5.41) is 4.47. The van der Waals surface area contributed by atoms with Crippen LogP contribution in [-0.4, -0.2) is 48.8 Å². The molecule has 0 aromatic carbocycles. The van der Waals surface area contributed by atoms with E-state index in [-0.39, 0.29) is 12.1 Å². The lowest BCUT2D eigenvalue weighted by Gasteiger charge is -2.38. The molecule has 1 fully saturated rings. The number of nitrogens with one attached hydrogen (secondary N) is 1. The largest absolute Gasteiger partial charge is 0.373 e. The number of hydrogen-bond donors (Lipinski definition) is 1. The van der Waals surface area contributed by atoms with Crippen LogP contribution in [0.5, 0.6) is 0 Å². The molecule has 4 nitrogen and oxygen atoms in total. The minimum atomic E-state index is 0.133. The van der Waals surface area contributed by atoms with Crippen molar-refractivity contribution in [3.05, 3.63) is 15.5 Å². The van der Waals surface area contributed by atoms with Crippen LogP contribution in [0, 0.1) is 0 Å². The van der Waals surface area contributed by atoms with Crippen molar-refractivity contribution in [3.63, 3.8) is 0 Å². The molecule has 18 heavy (non-hydrogen) atoms. The van der Waals surface area contributed by atoms with E-state index in [1.54, 1.807) is 17.5 Å². The van der Waals surface area contributed by atoms with Crippen LogP contribution in [0.4, 0.5) is 0 Å². The van der Waals surface area contributed by atoms with E-state index < -0.39 is 0 Å². The smallest absolute Gasteiger partial charge is 0.114 e. The summed E-state index contributed by atoms with van der Waals surface area (Å²) >= 11 is 7.52. The Morgan fingerprint density at radius 1 is 1.67 bits per heavy atom. The number of halogens is 1. The van der Waals surface area contributed by atoms with Crippen LogP contribution in [0.25, 0.3) is 0 Å². The third-order valence-electron chi connectivity index (χ3n) is 3.08. The molecule has 2 atom stereocenters. The number of rotatable bonds is 4. The molecule has 0 bridgehead atoms. The van der Waals surface area contributed by atoms with Crippen molar-refractivity contribution in [3.8, 4) is 0 Å². The molecule has 0 spiro atoms. The zero-order valence-corrected chi connectivity index (χ0v) is 12.6. The molecule has 6 heteroatoms. The van der Waals surface area contributed by atoms with Crippen LogP contribution in [0.1, 0.15) is 24.9 Å². The Hall–Kier alpha value is -0.200. The third-order valence-corrected chi connectivity index (χ3v) is 4.26. The van der Waals surface area contributed by atoms with E-state index in [0.29, 0.717) is 6.04 Å². The lowest BCUT2D eigenvalue weighted by Crippen LogP contribution is -2.48. The van der Waals surface area contributed by atoms with Crippen molar-refractivity contribution < 1.29 is 4.74 Å². The van der Waals surface area contributed by atoms with Gasteiger partial charge in [-0.25, -0.2) is 4.98 Å². The number of ether oxygens (including phenoxy) is 1. The van der Waals surface area contributed by atoms with Gasteiger partial charge < -0.3 is 10.1 Å². The highest BCUT2D eigenvalue weighted by atomic mass is 35.5. The van der Waals surface area contributed by atoms with E-state index in [1.165, 1.54) is 0 Å². The summed E-state index contributed by atoms with van der Waals surface area (Å²) < 4.78 is 6.63. The number of aromatic nitrogens is 1. The van der Waals surface area contributed by atoms with Gasteiger partial charge in [-0.2, -0.15) is 0 Å². The van der Waals surface area contributed by atoms with Gasteiger partial charge in [0.1, 0.15) is 9.34 Å². The summed E-state index contributed by atoms with van der Waals surface area (Å²) in [4.78, 5) is 6.70. The van der Waals surface area contributed by atoms with E-state index in [4.69, 9.17) is 16.3 Å². The highest BCUT2D eigenvalue weighted by Crippen LogP contribution is 2.32. The first kappa shape index (κ1) is 14.2. The summed E-state index contributed by atoms with van der Waals surface area (Å²) in [7, 11) is 2.12. The molecule has 1 aliphatic rings. The van der Waals surface area contributed by atoms with Gasteiger partial charge in [0.2, 0.25) is 0 Å². The maximum atomic E-state index is 5.98. The monoisotopic (exact) mass is 289 g/mol. The molecule has 0 radical (unpaired) electrons. The molecule has 2 heterocycles. The first-order valence-corrected chi connectivity index (χ1v) is 7.44. The molecule has 102 valence electrons. The van der Waals surface area contributed by atoms with Crippen LogP contribution < -0.4 is 5.32 Å². The molecule has 2 rings (SSSR count). The lowest BCUT2D eigenvalue weighted by molar-refractivity contribution is -0.0620. The number of hydrogen-bond acceptors (Lipinski definition) is 5. The molecule has 0 aliphatic carbocycles. The van der Waals surface area contributed by atoms with Crippen molar-refractivity contribution in [1.82, 2.24) is 15.2 Å². The van der Waals surface area contributed by atoms with Gasteiger partial charge in [-0.3, -0.25) is 4.90 Å². The van der Waals surface area contributed by atoms with E-state index in [1.807, 2.05) is 0 Å². The van der Waals surface area contributed by atoms with Crippen LogP contribution in [0.2, 0.25) is 4.34 Å². The lowest BCUT2D eigenvalue weighted by atomic mass is 10.1. The SMILES string of the molecule is CC(C)NCC1OCCN(C)C1c1ncc(Cl)s1. The van der Waals surface area contributed by atoms with E-state index >= 15 is 0 Å². The number of morpholine rings is 1. The van der Waals surface area contributed by atoms with Gasteiger partial charge in [0.05, 0.1) is 24.9 Å². The Kier molecular flexibility index (Phi) is 4.98. The molecule has 1 aromatic rings. The minimum absolute atomic E-state index is 0.133. The van der Waals surface area contributed by atoms with Gasteiger partial charge in [0.25, 0.3) is 0 Å². The second kappa shape index (κ2) is 6.30. The number of likely N-dealkylation sites (N-methyl/N-ethyl adjacent to an activating group) is 1. The van der Waals surface area contributed by atoms with E-state index in [0.717, 1.165) is 29.0 Å². The maximum absolute atomic E-state index is 5.98. The van der Waals surface area contributed by atoms with Gasteiger partial charge in [-0.05, 0) is 7.05 Å². The Morgan fingerprint density at radius 3 is 3.06 bits per heavy atom. The van der Waals surface area contributed by atoms with Gasteiger partial charge in [0.15, 0.2) is 0 Å². The van der Waals surface area contributed by atoms with Crippen LogP contribution in [-0.2, 0) is 4.74 Å². The summed E-state index contributed by atoms with van der Waals surface area (Å²) in [5.74, 6) is 0. The quantitative estimate of drug-likeness (QED) is 0.922. The molecule has 0 saturated carbocycles. The zero-order valence-electron chi connectivity index (χ0n) is 11.0. The van der Waals surface area contributed by atoms with Gasteiger partial charge in [-0.1, -0.05) is 25.4 Å². The summed E-state index contributed by atoms with van der Waals surface area (Å²) in [6, 6.07) is 0.656. The second-order valence-electron chi connectivity index (χ2n) is 4.90. The van der Waals surface area contributed by atoms with E-state index in [2.05, 4.69) is 36.1 Å². The van der Waals surface area contributed by atoms with Crippen molar-refractivity contribution >= 4 is 22.9 Å². The van der Waals surface area contributed by atoms with Crippen molar-refractivity contribution in [2.24, 2.45) is 0 Å². The highest BCUT2D eigenvalue weighted by molar-refractivity contribution is 7.15. The van der Waals surface area contributed by atoms with Crippen molar-refractivity contribution in [1.29, 1.82) is 0 Å². The molecule has 0 amide bonds. The minimum Gasteiger partial charge on any atom is -0.373 e. The average Bonchev–Trinajstić information content (AvgIpc) is 2.72.